The molecule has 0 atom stereocenters. The summed E-state index contributed by atoms with van der Waals surface area (Å²) in [5, 5.41) is 0. The van der Waals surface area contributed by atoms with Gasteiger partial charge in [0.2, 0.25) is 0 Å². The monoisotopic (exact) mass is 534 g/mol. The maximum atomic E-state index is 14.2. The molecule has 3 heterocycles. The van der Waals surface area contributed by atoms with E-state index in [4.69, 9.17) is 4.74 Å². The molecule has 1 aromatic heterocycles. The number of rotatable bonds is 9. The Morgan fingerprint density at radius 2 is 1.57 bits per heavy atom. The molecule has 6 rings (SSSR count). The molecular weight excluding hydrogens is 506 g/mol. The fraction of sp³-hybridized carbons (Fsp3) is 0.152. The summed E-state index contributed by atoms with van der Waals surface area (Å²) >= 11 is 0. The lowest BCUT2D eigenvalue weighted by atomic mass is 9.99. The van der Waals surface area contributed by atoms with Crippen molar-refractivity contribution in [2.75, 3.05) is 6.61 Å². The van der Waals surface area contributed by atoms with Gasteiger partial charge in [0.05, 0.1) is 17.9 Å². The van der Waals surface area contributed by atoms with Gasteiger partial charge in [-0.25, -0.2) is 18.7 Å². The highest BCUT2D eigenvalue weighted by molar-refractivity contribution is 5.69. The molecule has 0 radical (unpaired) electrons. The van der Waals surface area contributed by atoms with Crippen molar-refractivity contribution in [3.63, 3.8) is 0 Å². The average Bonchev–Trinajstić information content (AvgIpc) is 3.63. The Hall–Kier alpha value is -4.78. The van der Waals surface area contributed by atoms with Crippen molar-refractivity contribution >= 4 is 0 Å². The van der Waals surface area contributed by atoms with Crippen molar-refractivity contribution in [1.29, 1.82) is 0 Å². The second kappa shape index (κ2) is 11.1. The predicted molar refractivity (Wildman–Crippen MR) is 152 cm³/mol. The van der Waals surface area contributed by atoms with Crippen molar-refractivity contribution in [3.05, 3.63) is 126 Å². The Morgan fingerprint density at radius 3 is 2.38 bits per heavy atom. The number of pyridine rings is 1. The van der Waals surface area contributed by atoms with Crippen LogP contribution in [0.25, 0.3) is 33.9 Å². The van der Waals surface area contributed by atoms with Crippen molar-refractivity contribution in [2.24, 2.45) is 0 Å². The largest absolute Gasteiger partial charge is 0.494 e. The molecule has 0 N–H and O–H groups in total. The first kappa shape index (κ1) is 25.5. The minimum absolute atomic E-state index is 0.0565. The molecular formula is C33H28F2N4O. The molecule has 7 heteroatoms. The van der Waals surface area contributed by atoms with Crippen LogP contribution >= 0.6 is 0 Å². The smallest absolute Gasteiger partial charge is 0.169 e. The van der Waals surface area contributed by atoms with E-state index < -0.39 is 11.6 Å². The van der Waals surface area contributed by atoms with Gasteiger partial charge >= 0.3 is 0 Å². The molecule has 0 spiro atoms. The topological polar surface area (TPSA) is 44.9 Å². The Labute approximate surface area is 231 Å². The van der Waals surface area contributed by atoms with E-state index in [1.54, 1.807) is 0 Å². The lowest BCUT2D eigenvalue weighted by Gasteiger charge is -2.12. The molecule has 0 unspecified atom stereocenters. The summed E-state index contributed by atoms with van der Waals surface area (Å²) in [5.41, 5.74) is 5.92. The summed E-state index contributed by atoms with van der Waals surface area (Å²) in [6.07, 6.45) is 8.87. The van der Waals surface area contributed by atoms with E-state index in [9.17, 15) is 8.78 Å². The molecule has 4 aromatic rings. The number of halogens is 2. The highest BCUT2D eigenvalue weighted by atomic mass is 19.2. The standard InChI is InChI=1S/C33H28F2N4O/c1-23-20-26(40-19-5-17-38-15-2-3-16-38)12-13-27(23)25-10-8-24(9-11-25)21-39-18-14-30-31(22-39)37-33(36-30)28-6-4-7-29(34)32(28)35/h2-4,6-16,18,20,22H,5,17,19,21H2,1H3. The van der Waals surface area contributed by atoms with E-state index in [0.29, 0.717) is 24.5 Å². The zero-order valence-electron chi connectivity index (χ0n) is 22.1. The Bertz CT molecular complexity index is 1710. The summed E-state index contributed by atoms with van der Waals surface area (Å²) in [4.78, 5) is 8.83. The van der Waals surface area contributed by atoms with Gasteiger partial charge < -0.3 is 13.9 Å². The summed E-state index contributed by atoms with van der Waals surface area (Å²) in [5.74, 6) is -0.788. The predicted octanol–water partition coefficient (Wildman–Crippen LogP) is 7.62. The van der Waals surface area contributed by atoms with Crippen LogP contribution in [0.3, 0.4) is 0 Å². The minimum atomic E-state index is -0.938. The van der Waals surface area contributed by atoms with Gasteiger partial charge in [-0.2, -0.15) is 0 Å². The van der Waals surface area contributed by atoms with Crippen molar-refractivity contribution < 1.29 is 13.5 Å². The number of aromatic nitrogens is 4. The molecule has 200 valence electrons. The fourth-order valence-corrected chi connectivity index (χ4v) is 4.85. The van der Waals surface area contributed by atoms with E-state index in [0.717, 1.165) is 41.5 Å². The summed E-state index contributed by atoms with van der Waals surface area (Å²) < 4.78 is 38.0. The van der Waals surface area contributed by atoms with Gasteiger partial charge in [0.15, 0.2) is 17.5 Å². The molecule has 0 aliphatic carbocycles. The van der Waals surface area contributed by atoms with E-state index in [1.807, 2.05) is 41.2 Å². The Kier molecular flexibility index (Phi) is 7.10. The second-order valence-corrected chi connectivity index (χ2v) is 9.83. The van der Waals surface area contributed by atoms with Crippen LogP contribution in [0.2, 0.25) is 0 Å². The molecule has 0 bridgehead atoms. The molecule has 0 fully saturated rings. The van der Waals surface area contributed by atoms with Gasteiger partial charge in [0.25, 0.3) is 0 Å². The van der Waals surface area contributed by atoms with Crippen LogP contribution in [-0.4, -0.2) is 25.7 Å². The maximum Gasteiger partial charge on any atom is 0.169 e. The first-order valence-corrected chi connectivity index (χ1v) is 13.2. The van der Waals surface area contributed by atoms with Crippen LogP contribution in [0, 0.1) is 18.6 Å². The number of imidazole rings is 1. The highest BCUT2D eigenvalue weighted by Gasteiger charge is 2.17. The molecule has 3 aromatic carbocycles. The van der Waals surface area contributed by atoms with Gasteiger partial charge in [-0.1, -0.05) is 36.4 Å². The van der Waals surface area contributed by atoms with Crippen LogP contribution in [0.15, 0.2) is 104 Å². The number of ether oxygens (including phenoxy) is 1. The average molecular weight is 535 g/mol. The van der Waals surface area contributed by atoms with E-state index in [-0.39, 0.29) is 11.4 Å². The highest BCUT2D eigenvalue weighted by Crippen LogP contribution is 2.29. The van der Waals surface area contributed by atoms with Crippen molar-refractivity contribution in [2.45, 2.75) is 26.4 Å². The molecule has 0 saturated carbocycles. The van der Waals surface area contributed by atoms with Gasteiger partial charge in [0, 0.05) is 37.9 Å². The van der Waals surface area contributed by atoms with Crippen LogP contribution in [0.5, 0.6) is 5.75 Å². The zero-order chi connectivity index (χ0) is 27.5. The Balaban J connectivity index is 1.11. The molecule has 2 aliphatic rings. The van der Waals surface area contributed by atoms with E-state index in [2.05, 4.69) is 70.3 Å². The van der Waals surface area contributed by atoms with E-state index >= 15 is 0 Å². The fourth-order valence-electron chi connectivity index (χ4n) is 4.85. The Morgan fingerprint density at radius 1 is 0.775 bits per heavy atom. The first-order valence-electron chi connectivity index (χ1n) is 13.2. The van der Waals surface area contributed by atoms with Crippen LogP contribution < -0.4 is 4.74 Å². The number of fused-ring (bicyclic) bond motifs is 1. The number of nitrogens with zero attached hydrogens (tertiary/aromatic N) is 4. The van der Waals surface area contributed by atoms with Gasteiger partial charge in [-0.3, -0.25) is 0 Å². The number of hydrogen-bond donors (Lipinski definition) is 0. The molecule has 5 nitrogen and oxygen atoms in total. The SMILES string of the molecule is Cc1cc(OCCCn2cccc2)ccc1-c1ccc(Cn2ccc3nc(-c4cccc(F)c4F)nc-3c2)cc1. The first-order chi connectivity index (χ1) is 19.5. The third-order valence-electron chi connectivity index (χ3n) is 6.94. The lowest BCUT2D eigenvalue weighted by Crippen LogP contribution is -2.03. The number of aryl methyl sites for hydroxylation is 2. The van der Waals surface area contributed by atoms with Crippen molar-refractivity contribution in [1.82, 2.24) is 19.1 Å². The molecule has 0 amide bonds. The third-order valence-corrected chi connectivity index (χ3v) is 6.94. The van der Waals surface area contributed by atoms with Gasteiger partial charge in [-0.05, 0) is 78.1 Å². The maximum absolute atomic E-state index is 14.2. The molecule has 2 aliphatic heterocycles. The zero-order valence-corrected chi connectivity index (χ0v) is 22.1. The molecule has 0 saturated heterocycles. The second-order valence-electron chi connectivity index (χ2n) is 9.83. The normalized spacial score (nSPS) is 11.3. The summed E-state index contributed by atoms with van der Waals surface area (Å²) in [7, 11) is 0. The summed E-state index contributed by atoms with van der Waals surface area (Å²) in [6, 6.07) is 24.6. The third kappa shape index (κ3) is 5.50. The summed E-state index contributed by atoms with van der Waals surface area (Å²) in [6.45, 7) is 4.36. The van der Waals surface area contributed by atoms with E-state index in [1.165, 1.54) is 17.7 Å². The van der Waals surface area contributed by atoms with Crippen LogP contribution in [-0.2, 0) is 13.1 Å². The lowest BCUT2D eigenvalue weighted by molar-refractivity contribution is 0.302. The van der Waals surface area contributed by atoms with Gasteiger partial charge in [0.1, 0.15) is 11.4 Å². The van der Waals surface area contributed by atoms with Crippen LogP contribution in [0.4, 0.5) is 8.78 Å². The number of hydrogen-bond acceptors (Lipinski definition) is 3. The molecule has 40 heavy (non-hydrogen) atoms. The number of benzene rings is 3. The van der Waals surface area contributed by atoms with Crippen LogP contribution in [0.1, 0.15) is 17.5 Å². The minimum Gasteiger partial charge on any atom is -0.494 e. The van der Waals surface area contributed by atoms with Crippen molar-refractivity contribution in [3.8, 4) is 39.7 Å². The quantitative estimate of drug-likeness (QED) is 0.179. The van der Waals surface area contributed by atoms with Gasteiger partial charge in [-0.15, -0.1) is 0 Å².